The second-order valence-corrected chi connectivity index (χ2v) is 6.73. The summed E-state index contributed by atoms with van der Waals surface area (Å²) in [4.78, 5) is 26.3. The van der Waals surface area contributed by atoms with E-state index in [0.717, 1.165) is 46.4 Å². The van der Waals surface area contributed by atoms with Crippen molar-refractivity contribution in [3.8, 4) is 0 Å². The van der Waals surface area contributed by atoms with Crippen LogP contribution in [0.1, 0.15) is 27.9 Å². The summed E-state index contributed by atoms with van der Waals surface area (Å²) in [5.41, 5.74) is 4.79. The minimum atomic E-state index is -0.133. The maximum absolute atomic E-state index is 12.5. The summed E-state index contributed by atoms with van der Waals surface area (Å²) < 4.78 is 0.775. The lowest BCUT2D eigenvalue weighted by Crippen LogP contribution is -2.32. The van der Waals surface area contributed by atoms with Crippen LogP contribution in [0.2, 0.25) is 0 Å². The van der Waals surface area contributed by atoms with Crippen LogP contribution in [0.5, 0.6) is 0 Å². The highest BCUT2D eigenvalue weighted by Gasteiger charge is 2.31. The summed E-state index contributed by atoms with van der Waals surface area (Å²) in [6.45, 7) is 0.753. The highest BCUT2D eigenvalue weighted by Crippen LogP contribution is 2.38. The number of hydrogen-bond acceptors (Lipinski definition) is 2. The van der Waals surface area contributed by atoms with E-state index in [0.29, 0.717) is 12.0 Å². The Hall–Kier alpha value is -2.14. The van der Waals surface area contributed by atoms with Gasteiger partial charge in [-0.15, -0.1) is 0 Å². The molecule has 116 valence electrons. The molecule has 2 heterocycles. The van der Waals surface area contributed by atoms with Crippen LogP contribution in [0, 0.1) is 0 Å². The largest absolute Gasteiger partial charge is 0.322 e. The standard InChI is InChI=1S/C18H15BrN2O2/c19-15-4-2-1-3-14(15)18(23)20-13-9-11-5-6-16(22)21-8-7-12(10-13)17(11)21/h1-4,9-10H,5-8H2,(H,20,23). The van der Waals surface area contributed by atoms with Gasteiger partial charge in [0.05, 0.1) is 11.3 Å². The molecule has 0 spiro atoms. The van der Waals surface area contributed by atoms with Crippen molar-refractivity contribution in [3.05, 3.63) is 57.6 Å². The monoisotopic (exact) mass is 370 g/mol. The van der Waals surface area contributed by atoms with Gasteiger partial charge in [-0.3, -0.25) is 9.59 Å². The van der Waals surface area contributed by atoms with Crippen LogP contribution in [-0.2, 0) is 17.6 Å². The number of carbonyl (C=O) groups is 2. The third-order valence-electron chi connectivity index (χ3n) is 4.43. The van der Waals surface area contributed by atoms with Gasteiger partial charge in [-0.25, -0.2) is 0 Å². The first-order valence-corrected chi connectivity index (χ1v) is 8.45. The normalized spacial score (nSPS) is 15.5. The number of amides is 2. The smallest absolute Gasteiger partial charge is 0.256 e. The Kier molecular flexibility index (Phi) is 3.45. The number of hydrogen-bond donors (Lipinski definition) is 1. The fourth-order valence-electron chi connectivity index (χ4n) is 3.37. The lowest BCUT2D eigenvalue weighted by molar-refractivity contribution is -0.118. The molecular formula is C18H15BrN2O2. The van der Waals surface area contributed by atoms with Gasteiger partial charge in [-0.05, 0) is 64.2 Å². The van der Waals surface area contributed by atoms with Crippen molar-refractivity contribution in [1.29, 1.82) is 0 Å². The fourth-order valence-corrected chi connectivity index (χ4v) is 3.84. The van der Waals surface area contributed by atoms with E-state index in [9.17, 15) is 9.59 Å². The number of aryl methyl sites for hydroxylation is 1. The third kappa shape index (κ3) is 2.45. The van der Waals surface area contributed by atoms with E-state index in [1.54, 1.807) is 6.07 Å². The summed E-state index contributed by atoms with van der Waals surface area (Å²) in [6.07, 6.45) is 2.15. The highest BCUT2D eigenvalue weighted by atomic mass is 79.9. The molecule has 2 aliphatic rings. The van der Waals surface area contributed by atoms with Gasteiger partial charge in [-0.2, -0.15) is 0 Å². The van der Waals surface area contributed by atoms with Crippen molar-refractivity contribution < 1.29 is 9.59 Å². The molecule has 4 rings (SSSR count). The van der Waals surface area contributed by atoms with Gasteiger partial charge in [-0.1, -0.05) is 12.1 Å². The SMILES string of the molecule is O=C(Nc1cc2c3c(c1)CCN3C(=O)CC2)c1ccccc1Br. The van der Waals surface area contributed by atoms with E-state index in [-0.39, 0.29) is 11.8 Å². The number of rotatable bonds is 2. The van der Waals surface area contributed by atoms with Crippen molar-refractivity contribution in [2.24, 2.45) is 0 Å². The fraction of sp³-hybridized carbons (Fsp3) is 0.222. The molecule has 2 amide bonds. The molecule has 0 bridgehead atoms. The summed E-state index contributed by atoms with van der Waals surface area (Å²) in [7, 11) is 0. The van der Waals surface area contributed by atoms with Gasteiger partial charge in [0.1, 0.15) is 0 Å². The van der Waals surface area contributed by atoms with Gasteiger partial charge in [0.25, 0.3) is 5.91 Å². The number of anilines is 2. The molecule has 0 unspecified atom stereocenters. The second kappa shape index (κ2) is 5.49. The molecule has 23 heavy (non-hydrogen) atoms. The Morgan fingerprint density at radius 2 is 1.83 bits per heavy atom. The minimum absolute atomic E-state index is 0.133. The number of nitrogens with one attached hydrogen (secondary N) is 1. The summed E-state index contributed by atoms with van der Waals surface area (Å²) in [5.74, 6) is 0.0765. The van der Waals surface area contributed by atoms with E-state index < -0.39 is 0 Å². The van der Waals surface area contributed by atoms with Gasteiger partial charge in [0.2, 0.25) is 5.91 Å². The van der Waals surface area contributed by atoms with Crippen molar-refractivity contribution in [2.45, 2.75) is 19.3 Å². The predicted molar refractivity (Wildman–Crippen MR) is 92.9 cm³/mol. The predicted octanol–water partition coefficient (Wildman–Crippen LogP) is 3.54. The van der Waals surface area contributed by atoms with Crippen LogP contribution in [0.25, 0.3) is 0 Å². The Labute approximate surface area is 142 Å². The first kappa shape index (κ1) is 14.5. The number of benzene rings is 2. The second-order valence-electron chi connectivity index (χ2n) is 5.87. The summed E-state index contributed by atoms with van der Waals surface area (Å²) in [6, 6.07) is 11.4. The number of halogens is 1. The van der Waals surface area contributed by atoms with Crippen LogP contribution >= 0.6 is 15.9 Å². The average Bonchev–Trinajstić information content (AvgIpc) is 2.96. The molecule has 2 aromatic rings. The molecule has 2 aliphatic heterocycles. The Bertz CT molecular complexity index is 832. The zero-order valence-electron chi connectivity index (χ0n) is 12.4. The van der Waals surface area contributed by atoms with Crippen molar-refractivity contribution in [3.63, 3.8) is 0 Å². The lowest BCUT2D eigenvalue weighted by atomic mass is 9.98. The van der Waals surface area contributed by atoms with Crippen LogP contribution in [0.3, 0.4) is 0 Å². The Balaban J connectivity index is 1.66. The van der Waals surface area contributed by atoms with E-state index in [1.807, 2.05) is 35.2 Å². The molecule has 5 heteroatoms. The van der Waals surface area contributed by atoms with Gasteiger partial charge in [0, 0.05) is 23.1 Å². The molecule has 2 aromatic carbocycles. The van der Waals surface area contributed by atoms with Crippen LogP contribution in [0.4, 0.5) is 11.4 Å². The van der Waals surface area contributed by atoms with Crippen molar-refractivity contribution >= 4 is 39.1 Å². The molecule has 0 aromatic heterocycles. The molecule has 0 aliphatic carbocycles. The quantitative estimate of drug-likeness (QED) is 0.878. The third-order valence-corrected chi connectivity index (χ3v) is 5.12. The minimum Gasteiger partial charge on any atom is -0.322 e. The zero-order chi connectivity index (χ0) is 16.0. The molecule has 0 radical (unpaired) electrons. The average molecular weight is 371 g/mol. The van der Waals surface area contributed by atoms with E-state index in [4.69, 9.17) is 0 Å². The molecule has 0 saturated carbocycles. The summed E-state index contributed by atoms with van der Waals surface area (Å²) in [5, 5.41) is 2.98. The topological polar surface area (TPSA) is 49.4 Å². The van der Waals surface area contributed by atoms with Crippen molar-refractivity contribution in [1.82, 2.24) is 0 Å². The van der Waals surface area contributed by atoms with Crippen LogP contribution in [0.15, 0.2) is 40.9 Å². The number of carbonyl (C=O) groups excluding carboxylic acids is 2. The number of nitrogens with zero attached hydrogens (tertiary/aromatic N) is 1. The lowest BCUT2D eigenvalue weighted by Gasteiger charge is -2.25. The first-order chi connectivity index (χ1) is 11.1. The van der Waals surface area contributed by atoms with E-state index in [1.165, 1.54) is 0 Å². The molecule has 4 nitrogen and oxygen atoms in total. The van der Waals surface area contributed by atoms with Gasteiger partial charge < -0.3 is 10.2 Å². The molecular weight excluding hydrogens is 356 g/mol. The molecule has 0 saturated heterocycles. The molecule has 1 N–H and O–H groups in total. The van der Waals surface area contributed by atoms with Crippen LogP contribution in [-0.4, -0.2) is 18.4 Å². The molecule has 0 fully saturated rings. The van der Waals surface area contributed by atoms with Gasteiger partial charge in [0.15, 0.2) is 0 Å². The highest BCUT2D eigenvalue weighted by molar-refractivity contribution is 9.10. The van der Waals surface area contributed by atoms with E-state index >= 15 is 0 Å². The molecule has 0 atom stereocenters. The van der Waals surface area contributed by atoms with Crippen LogP contribution < -0.4 is 10.2 Å². The van der Waals surface area contributed by atoms with Crippen molar-refractivity contribution in [2.75, 3.05) is 16.8 Å². The Morgan fingerprint density at radius 1 is 1.09 bits per heavy atom. The van der Waals surface area contributed by atoms with Gasteiger partial charge >= 0.3 is 0 Å². The Morgan fingerprint density at radius 3 is 2.61 bits per heavy atom. The zero-order valence-corrected chi connectivity index (χ0v) is 14.0. The maximum atomic E-state index is 12.5. The first-order valence-electron chi connectivity index (χ1n) is 7.65. The van der Waals surface area contributed by atoms with E-state index in [2.05, 4.69) is 21.2 Å². The summed E-state index contributed by atoms with van der Waals surface area (Å²) >= 11 is 3.41. The maximum Gasteiger partial charge on any atom is 0.256 e.